The average Bonchev–Trinajstić information content (AvgIpc) is 2.94. The van der Waals surface area contributed by atoms with Crippen LogP contribution in [0.1, 0.15) is 10.4 Å². The van der Waals surface area contributed by atoms with Gasteiger partial charge in [0.15, 0.2) is 0 Å². The molecule has 0 saturated carbocycles. The second-order valence-electron chi connectivity index (χ2n) is 6.10. The van der Waals surface area contributed by atoms with E-state index in [1.807, 2.05) is 0 Å². The molecule has 1 aliphatic heterocycles. The highest BCUT2D eigenvalue weighted by molar-refractivity contribution is 9.10. The van der Waals surface area contributed by atoms with Gasteiger partial charge < -0.3 is 25.2 Å². The zero-order valence-corrected chi connectivity index (χ0v) is 16.5. The lowest BCUT2D eigenvalue weighted by Crippen LogP contribution is -2.23. The highest BCUT2D eigenvalue weighted by Gasteiger charge is 2.31. The SMILES string of the molecule is O=C(Nc1ccc(OC(F)(F)Cl)cc1)c1cnc(N2C[C@@H](O)[C@@H](O)C2)c(Br)c1. The van der Waals surface area contributed by atoms with Crippen LogP contribution in [0.15, 0.2) is 41.0 Å². The van der Waals surface area contributed by atoms with E-state index in [1.54, 1.807) is 11.0 Å². The van der Waals surface area contributed by atoms with Gasteiger partial charge in [-0.05, 0) is 46.3 Å². The van der Waals surface area contributed by atoms with Gasteiger partial charge in [0, 0.05) is 36.6 Å². The van der Waals surface area contributed by atoms with Gasteiger partial charge in [-0.15, -0.1) is 8.78 Å². The Bertz CT molecular complexity index is 856. The number of anilines is 2. The molecule has 0 radical (unpaired) electrons. The molecule has 3 rings (SSSR count). The van der Waals surface area contributed by atoms with Crippen molar-refractivity contribution in [2.45, 2.75) is 17.8 Å². The minimum absolute atomic E-state index is 0.151. The molecule has 1 aromatic carbocycles. The van der Waals surface area contributed by atoms with Gasteiger partial charge in [-0.3, -0.25) is 4.79 Å². The van der Waals surface area contributed by atoms with Crippen molar-refractivity contribution in [2.75, 3.05) is 23.3 Å². The van der Waals surface area contributed by atoms with Gasteiger partial charge >= 0.3 is 5.57 Å². The van der Waals surface area contributed by atoms with Gasteiger partial charge in [-0.25, -0.2) is 4.98 Å². The predicted octanol–water partition coefficient (Wildman–Crippen LogP) is 2.81. The zero-order chi connectivity index (χ0) is 20.5. The smallest absolute Gasteiger partial charge is 0.420 e. The molecule has 1 saturated heterocycles. The molecule has 0 unspecified atom stereocenters. The van der Waals surface area contributed by atoms with E-state index in [2.05, 4.69) is 31.0 Å². The molecule has 3 N–H and O–H groups in total. The number of aromatic nitrogens is 1. The number of aliphatic hydroxyl groups is 2. The summed E-state index contributed by atoms with van der Waals surface area (Å²) in [6.07, 6.45) is -0.359. The number of nitrogens with one attached hydrogen (secondary N) is 1. The number of amides is 1. The third kappa shape index (κ3) is 5.07. The summed E-state index contributed by atoms with van der Waals surface area (Å²) in [5.74, 6) is -0.116. The number of pyridine rings is 1. The van der Waals surface area contributed by atoms with Crippen molar-refractivity contribution in [1.82, 2.24) is 4.98 Å². The van der Waals surface area contributed by atoms with Gasteiger partial charge in [-0.2, -0.15) is 0 Å². The van der Waals surface area contributed by atoms with Crippen LogP contribution in [-0.4, -0.2) is 52.0 Å². The van der Waals surface area contributed by atoms with Crippen molar-refractivity contribution in [3.63, 3.8) is 0 Å². The number of alkyl halides is 3. The van der Waals surface area contributed by atoms with Crippen LogP contribution in [0.2, 0.25) is 0 Å². The van der Waals surface area contributed by atoms with Crippen LogP contribution in [-0.2, 0) is 0 Å². The Morgan fingerprint density at radius 3 is 2.43 bits per heavy atom. The van der Waals surface area contributed by atoms with Gasteiger partial charge in [0.05, 0.1) is 22.2 Å². The van der Waals surface area contributed by atoms with Crippen molar-refractivity contribution in [3.05, 3.63) is 46.6 Å². The van der Waals surface area contributed by atoms with Gasteiger partial charge in [0.2, 0.25) is 0 Å². The number of benzene rings is 1. The number of halogens is 4. The minimum atomic E-state index is -3.81. The number of rotatable bonds is 5. The second kappa shape index (κ2) is 8.16. The lowest BCUT2D eigenvalue weighted by molar-refractivity contribution is -0.0964. The van der Waals surface area contributed by atoms with E-state index in [4.69, 9.17) is 11.6 Å². The van der Waals surface area contributed by atoms with E-state index in [1.165, 1.54) is 30.5 Å². The molecule has 7 nitrogen and oxygen atoms in total. The summed E-state index contributed by atoms with van der Waals surface area (Å²) >= 11 is 8.04. The Hall–Kier alpha value is -2.01. The van der Waals surface area contributed by atoms with Crippen LogP contribution in [0.5, 0.6) is 5.75 Å². The third-order valence-electron chi connectivity index (χ3n) is 3.99. The summed E-state index contributed by atoms with van der Waals surface area (Å²) in [6.45, 7) is 0.460. The number of nitrogens with zero attached hydrogens (tertiary/aromatic N) is 2. The highest BCUT2D eigenvalue weighted by atomic mass is 79.9. The minimum Gasteiger partial charge on any atom is -0.420 e. The normalized spacial score (nSPS) is 19.6. The molecule has 11 heteroatoms. The topological polar surface area (TPSA) is 94.9 Å². The van der Waals surface area contributed by atoms with E-state index in [0.29, 0.717) is 16.0 Å². The number of β-amino-alcohol motifs (C(OH)–C–C–N with tert-alkyl or cyclic N) is 2. The molecule has 2 heterocycles. The molecule has 2 aromatic rings. The van der Waals surface area contributed by atoms with Crippen molar-refractivity contribution >= 4 is 44.9 Å². The Morgan fingerprint density at radius 2 is 1.89 bits per heavy atom. The summed E-state index contributed by atoms with van der Waals surface area (Å²) in [7, 11) is 0. The maximum atomic E-state index is 12.6. The number of carbonyl (C=O) groups is 1. The maximum Gasteiger partial charge on any atom is 0.487 e. The van der Waals surface area contributed by atoms with E-state index in [0.717, 1.165) is 0 Å². The molecule has 1 fully saturated rings. The monoisotopic (exact) mass is 477 g/mol. The maximum absolute atomic E-state index is 12.6. The van der Waals surface area contributed by atoms with Gasteiger partial charge in [0.25, 0.3) is 5.91 Å². The molecule has 1 aliphatic rings. The second-order valence-corrected chi connectivity index (χ2v) is 7.39. The molecule has 0 bridgehead atoms. The van der Waals surface area contributed by atoms with E-state index >= 15 is 0 Å². The molecule has 28 heavy (non-hydrogen) atoms. The van der Waals surface area contributed by atoms with Crippen LogP contribution in [0, 0.1) is 0 Å². The van der Waals surface area contributed by atoms with E-state index in [-0.39, 0.29) is 24.4 Å². The fourth-order valence-electron chi connectivity index (χ4n) is 2.67. The number of hydrogen-bond acceptors (Lipinski definition) is 6. The van der Waals surface area contributed by atoms with Crippen molar-refractivity contribution in [3.8, 4) is 5.75 Å². The number of carbonyl (C=O) groups excluding carboxylic acids is 1. The Kier molecular flexibility index (Phi) is 6.04. The molecule has 1 aromatic heterocycles. The average molecular weight is 479 g/mol. The molecule has 2 atom stereocenters. The first-order chi connectivity index (χ1) is 13.1. The standard InChI is InChI=1S/C17H15BrClF2N3O4/c18-12-5-9(6-22-15(12)24-7-13(25)14(26)8-24)16(27)23-10-1-3-11(4-2-10)28-17(19,20)21/h1-6,13-14,25-26H,7-8H2,(H,23,27)/t13-,14+. The quantitative estimate of drug-likeness (QED) is 0.572. The molecule has 0 spiro atoms. The Morgan fingerprint density at radius 1 is 1.29 bits per heavy atom. The number of hydrogen-bond donors (Lipinski definition) is 3. The molecule has 1 amide bonds. The first kappa shape index (κ1) is 20.7. The van der Waals surface area contributed by atoms with Crippen molar-refractivity contribution < 1.29 is 28.5 Å². The van der Waals surface area contributed by atoms with Crippen molar-refractivity contribution in [2.24, 2.45) is 0 Å². The van der Waals surface area contributed by atoms with Gasteiger partial charge in [-0.1, -0.05) is 0 Å². The fourth-order valence-corrected chi connectivity index (χ4v) is 3.36. The number of ether oxygens (including phenoxy) is 1. The molecular weight excluding hydrogens is 464 g/mol. The highest BCUT2D eigenvalue weighted by Crippen LogP contribution is 2.29. The zero-order valence-electron chi connectivity index (χ0n) is 14.2. The van der Waals surface area contributed by atoms with Crippen molar-refractivity contribution in [1.29, 1.82) is 0 Å². The predicted molar refractivity (Wildman–Crippen MR) is 102 cm³/mol. The first-order valence-electron chi connectivity index (χ1n) is 8.06. The molecular formula is C17H15BrClF2N3O4. The van der Waals surface area contributed by atoms with Crippen LogP contribution in [0.25, 0.3) is 0 Å². The molecule has 0 aliphatic carbocycles. The summed E-state index contributed by atoms with van der Waals surface area (Å²) in [5.41, 5.74) is -3.20. The Balaban J connectivity index is 1.67. The largest absolute Gasteiger partial charge is 0.487 e. The summed E-state index contributed by atoms with van der Waals surface area (Å²) in [5, 5.41) is 21.9. The van der Waals surface area contributed by atoms with E-state index < -0.39 is 23.7 Å². The number of aliphatic hydroxyl groups excluding tert-OH is 2. The van der Waals surface area contributed by atoms with Crippen LogP contribution < -0.4 is 15.0 Å². The fraction of sp³-hybridized carbons (Fsp3) is 0.294. The lowest BCUT2D eigenvalue weighted by atomic mass is 10.2. The van der Waals surface area contributed by atoms with Gasteiger partial charge in [0.1, 0.15) is 11.6 Å². The summed E-state index contributed by atoms with van der Waals surface area (Å²) in [4.78, 5) is 18.3. The lowest BCUT2D eigenvalue weighted by Gasteiger charge is -2.18. The third-order valence-corrected chi connectivity index (χ3v) is 4.65. The summed E-state index contributed by atoms with van der Waals surface area (Å²) < 4.78 is 29.9. The van der Waals surface area contributed by atoms with E-state index in [9.17, 15) is 23.8 Å². The Labute approximate surface area is 172 Å². The van der Waals surface area contributed by atoms with Crippen LogP contribution in [0.3, 0.4) is 0 Å². The molecule has 150 valence electrons. The van der Waals surface area contributed by atoms with Crippen LogP contribution >= 0.6 is 27.5 Å². The first-order valence-corrected chi connectivity index (χ1v) is 9.23. The van der Waals surface area contributed by atoms with Crippen LogP contribution in [0.4, 0.5) is 20.3 Å². The summed E-state index contributed by atoms with van der Waals surface area (Å²) in [6, 6.07) is 6.82.